The molecule has 2 nitrogen and oxygen atoms in total. The lowest BCUT2D eigenvalue weighted by molar-refractivity contribution is 0.123. The summed E-state index contributed by atoms with van der Waals surface area (Å²) in [6, 6.07) is 8.44. The fraction of sp³-hybridized carbons (Fsp3) is 0.684. The van der Waals surface area contributed by atoms with Crippen molar-refractivity contribution in [2.45, 2.75) is 64.3 Å². The number of hydrogen-bond donors (Lipinski definition) is 1. The lowest BCUT2D eigenvalue weighted by Crippen LogP contribution is -2.46. The zero-order valence-corrected chi connectivity index (χ0v) is 13.7. The average Bonchev–Trinajstić information content (AvgIpc) is 2.81. The maximum atomic E-state index is 6.75. The summed E-state index contributed by atoms with van der Waals surface area (Å²) < 4.78 is 5.82. The van der Waals surface area contributed by atoms with Crippen molar-refractivity contribution in [3.05, 3.63) is 29.8 Å². The Bertz CT molecular complexity index is 495. The minimum absolute atomic E-state index is 0.00717. The van der Waals surface area contributed by atoms with Crippen LogP contribution in [-0.4, -0.2) is 12.1 Å². The lowest BCUT2D eigenvalue weighted by Gasteiger charge is -2.43. The van der Waals surface area contributed by atoms with Crippen LogP contribution in [0.2, 0.25) is 0 Å². The third kappa shape index (κ3) is 3.11. The van der Waals surface area contributed by atoms with E-state index in [1.54, 1.807) is 0 Å². The number of fused-ring (bicyclic) bond motifs is 1. The summed E-state index contributed by atoms with van der Waals surface area (Å²) in [7, 11) is 0. The van der Waals surface area contributed by atoms with E-state index in [1.807, 2.05) is 6.07 Å². The lowest BCUT2D eigenvalue weighted by atomic mass is 9.65. The highest BCUT2D eigenvalue weighted by Crippen LogP contribution is 2.45. The van der Waals surface area contributed by atoms with Crippen LogP contribution in [0.5, 0.6) is 5.75 Å². The number of hydrogen-bond acceptors (Lipinski definition) is 2. The molecule has 1 saturated carbocycles. The molecule has 1 aromatic rings. The van der Waals surface area contributed by atoms with E-state index in [4.69, 9.17) is 10.5 Å². The second-order valence-corrected chi connectivity index (χ2v) is 8.25. The Labute approximate surface area is 129 Å². The highest BCUT2D eigenvalue weighted by atomic mass is 16.5. The molecule has 1 fully saturated rings. The molecule has 0 bridgehead atoms. The van der Waals surface area contributed by atoms with Gasteiger partial charge in [-0.2, -0.15) is 0 Å². The molecule has 1 heterocycles. The predicted molar refractivity (Wildman–Crippen MR) is 87.6 cm³/mol. The van der Waals surface area contributed by atoms with Crippen molar-refractivity contribution >= 4 is 0 Å². The van der Waals surface area contributed by atoms with Gasteiger partial charge in [0.1, 0.15) is 5.75 Å². The molecule has 2 heteroatoms. The van der Waals surface area contributed by atoms with Gasteiger partial charge in [0.2, 0.25) is 0 Å². The molecular formula is C19H29NO. The van der Waals surface area contributed by atoms with Gasteiger partial charge in [-0.05, 0) is 49.5 Å². The Balaban J connectivity index is 1.64. The van der Waals surface area contributed by atoms with Gasteiger partial charge in [-0.1, -0.05) is 39.0 Å². The Morgan fingerprint density at radius 1 is 1.19 bits per heavy atom. The first kappa shape index (κ1) is 14.9. The largest absolute Gasteiger partial charge is 0.493 e. The first-order valence-electron chi connectivity index (χ1n) is 8.38. The van der Waals surface area contributed by atoms with E-state index in [-0.39, 0.29) is 5.54 Å². The highest BCUT2D eigenvalue weighted by Gasteiger charge is 2.39. The quantitative estimate of drug-likeness (QED) is 0.870. The third-order valence-electron chi connectivity index (χ3n) is 5.66. The molecular weight excluding hydrogens is 258 g/mol. The first-order valence-corrected chi connectivity index (χ1v) is 8.38. The highest BCUT2D eigenvalue weighted by molar-refractivity contribution is 5.39. The van der Waals surface area contributed by atoms with E-state index < -0.39 is 0 Å². The van der Waals surface area contributed by atoms with Crippen LogP contribution in [0.15, 0.2) is 24.3 Å². The molecule has 2 N–H and O–H groups in total. The van der Waals surface area contributed by atoms with E-state index in [9.17, 15) is 0 Å². The summed E-state index contributed by atoms with van der Waals surface area (Å²) in [6.45, 7) is 7.90. The van der Waals surface area contributed by atoms with E-state index in [1.165, 1.54) is 18.4 Å². The summed E-state index contributed by atoms with van der Waals surface area (Å²) in [4.78, 5) is 0. The molecule has 0 amide bonds. The molecule has 1 aromatic carbocycles. The zero-order valence-electron chi connectivity index (χ0n) is 13.7. The maximum Gasteiger partial charge on any atom is 0.122 e. The standard InChI is InChI=1S/C19H29NO/c1-18(2,3)15-8-10-19(20,11-9-15)12-14-13-21-17-7-5-4-6-16(14)17/h4-7,14-15H,8-13,20H2,1-3H3. The number of nitrogens with two attached hydrogens (primary N) is 1. The molecule has 0 spiro atoms. The molecule has 3 rings (SSSR count). The van der Waals surface area contributed by atoms with Crippen molar-refractivity contribution in [1.82, 2.24) is 0 Å². The molecule has 0 aromatic heterocycles. The summed E-state index contributed by atoms with van der Waals surface area (Å²) in [5, 5.41) is 0. The molecule has 1 aliphatic carbocycles. The Morgan fingerprint density at radius 2 is 1.86 bits per heavy atom. The second kappa shape index (κ2) is 5.31. The predicted octanol–water partition coefficient (Wildman–Crippen LogP) is 4.49. The molecule has 1 aliphatic heterocycles. The van der Waals surface area contributed by atoms with Crippen molar-refractivity contribution in [2.75, 3.05) is 6.61 Å². The minimum Gasteiger partial charge on any atom is -0.493 e. The van der Waals surface area contributed by atoms with Gasteiger partial charge < -0.3 is 10.5 Å². The van der Waals surface area contributed by atoms with Crippen LogP contribution in [-0.2, 0) is 0 Å². The first-order chi connectivity index (χ1) is 9.87. The molecule has 2 aliphatic rings. The summed E-state index contributed by atoms with van der Waals surface area (Å²) in [5.41, 5.74) is 8.54. The smallest absolute Gasteiger partial charge is 0.122 e. The van der Waals surface area contributed by atoms with Crippen LogP contribution < -0.4 is 10.5 Å². The number of rotatable bonds is 2. The van der Waals surface area contributed by atoms with Gasteiger partial charge in [0, 0.05) is 17.0 Å². The third-order valence-corrected chi connectivity index (χ3v) is 5.66. The van der Waals surface area contributed by atoms with Crippen molar-refractivity contribution in [2.24, 2.45) is 17.1 Å². The van der Waals surface area contributed by atoms with Crippen LogP contribution in [0, 0.1) is 11.3 Å². The fourth-order valence-corrected chi connectivity index (χ4v) is 4.15. The Hall–Kier alpha value is -1.02. The Morgan fingerprint density at radius 3 is 2.52 bits per heavy atom. The van der Waals surface area contributed by atoms with Crippen LogP contribution in [0.25, 0.3) is 0 Å². The van der Waals surface area contributed by atoms with Crippen molar-refractivity contribution in [3.8, 4) is 5.75 Å². The molecule has 1 atom stereocenters. The molecule has 1 unspecified atom stereocenters. The monoisotopic (exact) mass is 287 g/mol. The average molecular weight is 287 g/mol. The summed E-state index contributed by atoms with van der Waals surface area (Å²) >= 11 is 0. The minimum atomic E-state index is 0.00717. The van der Waals surface area contributed by atoms with Crippen LogP contribution >= 0.6 is 0 Å². The second-order valence-electron chi connectivity index (χ2n) is 8.25. The normalized spacial score (nSPS) is 32.6. The van der Waals surface area contributed by atoms with Gasteiger partial charge in [0.25, 0.3) is 0 Å². The Kier molecular flexibility index (Phi) is 3.77. The van der Waals surface area contributed by atoms with Gasteiger partial charge in [-0.15, -0.1) is 0 Å². The maximum absolute atomic E-state index is 6.75. The SMILES string of the molecule is CC(C)(C)C1CCC(N)(CC2COc3ccccc32)CC1. The summed E-state index contributed by atoms with van der Waals surface area (Å²) in [6.07, 6.45) is 5.94. The van der Waals surface area contributed by atoms with Crippen LogP contribution in [0.3, 0.4) is 0 Å². The molecule has 0 radical (unpaired) electrons. The number of benzene rings is 1. The molecule has 0 saturated heterocycles. The van der Waals surface area contributed by atoms with Crippen LogP contribution in [0.1, 0.15) is 64.4 Å². The van der Waals surface area contributed by atoms with Crippen molar-refractivity contribution in [3.63, 3.8) is 0 Å². The van der Waals surface area contributed by atoms with Crippen molar-refractivity contribution < 1.29 is 4.74 Å². The van der Waals surface area contributed by atoms with Gasteiger partial charge in [0.05, 0.1) is 6.61 Å². The zero-order chi connectivity index (χ0) is 15.1. The van der Waals surface area contributed by atoms with Crippen LogP contribution in [0.4, 0.5) is 0 Å². The molecule has 116 valence electrons. The van der Waals surface area contributed by atoms with Gasteiger partial charge in [-0.3, -0.25) is 0 Å². The van der Waals surface area contributed by atoms with Gasteiger partial charge in [-0.25, -0.2) is 0 Å². The topological polar surface area (TPSA) is 35.2 Å². The van der Waals surface area contributed by atoms with Gasteiger partial charge in [0.15, 0.2) is 0 Å². The fourth-order valence-electron chi connectivity index (χ4n) is 4.15. The van der Waals surface area contributed by atoms with E-state index in [2.05, 4.69) is 39.0 Å². The van der Waals surface area contributed by atoms with E-state index >= 15 is 0 Å². The number of para-hydroxylation sites is 1. The molecule has 21 heavy (non-hydrogen) atoms. The van der Waals surface area contributed by atoms with E-state index in [0.29, 0.717) is 11.3 Å². The van der Waals surface area contributed by atoms with Crippen molar-refractivity contribution in [1.29, 1.82) is 0 Å². The van der Waals surface area contributed by atoms with E-state index in [0.717, 1.165) is 37.5 Å². The summed E-state index contributed by atoms with van der Waals surface area (Å²) in [5.74, 6) is 2.37. The van der Waals surface area contributed by atoms with Gasteiger partial charge >= 0.3 is 0 Å². The number of ether oxygens (including phenoxy) is 1.